The molecule has 17 heavy (non-hydrogen) atoms. The molecule has 0 aliphatic carbocycles. The van der Waals surface area contributed by atoms with Gasteiger partial charge in [0.15, 0.2) is 0 Å². The van der Waals surface area contributed by atoms with Gasteiger partial charge in [0.25, 0.3) is 0 Å². The molecule has 0 spiro atoms. The molecule has 2 N–H and O–H groups in total. The summed E-state index contributed by atoms with van der Waals surface area (Å²) >= 11 is 1.11. The standard InChI is InChI=1S/C10H17NO4S2/c1-10(2,3)8-4-11-9(16-8)17(14,15)6-7(13)5-12/h4,7,12-13H,5-6H2,1-3H3/t7-/m0/s1. The largest absolute Gasteiger partial charge is 0.394 e. The first-order valence-corrected chi connectivity index (χ1v) is 7.61. The molecule has 5 nitrogen and oxygen atoms in total. The Morgan fingerprint density at radius 3 is 2.47 bits per heavy atom. The summed E-state index contributed by atoms with van der Waals surface area (Å²) in [6, 6.07) is 0. The number of aliphatic hydroxyl groups excluding tert-OH is 2. The molecule has 0 saturated carbocycles. The zero-order chi connectivity index (χ0) is 13.3. The zero-order valence-electron chi connectivity index (χ0n) is 10.0. The van der Waals surface area contributed by atoms with E-state index < -0.39 is 28.3 Å². The van der Waals surface area contributed by atoms with E-state index in [-0.39, 0.29) is 9.75 Å². The minimum atomic E-state index is -3.61. The number of hydrogen-bond donors (Lipinski definition) is 2. The van der Waals surface area contributed by atoms with E-state index in [1.165, 1.54) is 0 Å². The van der Waals surface area contributed by atoms with Crippen LogP contribution >= 0.6 is 11.3 Å². The summed E-state index contributed by atoms with van der Waals surface area (Å²) in [6.07, 6.45) is 0.282. The van der Waals surface area contributed by atoms with Crippen molar-refractivity contribution in [3.63, 3.8) is 0 Å². The lowest BCUT2D eigenvalue weighted by atomic mass is 9.96. The Kier molecular flexibility index (Phi) is 4.29. The Labute approximate surface area is 105 Å². The van der Waals surface area contributed by atoms with E-state index in [1.54, 1.807) is 6.20 Å². The average molecular weight is 279 g/mol. The lowest BCUT2D eigenvalue weighted by molar-refractivity contribution is 0.112. The molecule has 1 heterocycles. The van der Waals surface area contributed by atoms with Gasteiger partial charge in [0, 0.05) is 11.1 Å². The van der Waals surface area contributed by atoms with Crippen molar-refractivity contribution >= 4 is 21.2 Å². The van der Waals surface area contributed by atoms with Crippen molar-refractivity contribution in [2.45, 2.75) is 36.6 Å². The number of aromatic nitrogens is 1. The van der Waals surface area contributed by atoms with Gasteiger partial charge in [-0.3, -0.25) is 0 Å². The highest BCUT2D eigenvalue weighted by molar-refractivity contribution is 7.93. The van der Waals surface area contributed by atoms with Gasteiger partial charge in [0.1, 0.15) is 0 Å². The maximum atomic E-state index is 11.8. The van der Waals surface area contributed by atoms with E-state index in [0.717, 1.165) is 16.2 Å². The lowest BCUT2D eigenvalue weighted by Crippen LogP contribution is -2.24. The molecule has 7 heteroatoms. The van der Waals surface area contributed by atoms with Crippen molar-refractivity contribution in [2.24, 2.45) is 0 Å². The molecule has 0 aromatic carbocycles. The highest BCUT2D eigenvalue weighted by Crippen LogP contribution is 2.30. The molecular formula is C10H17NO4S2. The third-order valence-corrected chi connectivity index (χ3v) is 5.80. The van der Waals surface area contributed by atoms with Crippen molar-refractivity contribution in [3.05, 3.63) is 11.1 Å². The maximum Gasteiger partial charge on any atom is 0.209 e. The third kappa shape index (κ3) is 3.74. The molecule has 0 aliphatic heterocycles. The molecule has 0 amide bonds. The van der Waals surface area contributed by atoms with Gasteiger partial charge in [-0.2, -0.15) is 0 Å². The Morgan fingerprint density at radius 1 is 1.47 bits per heavy atom. The highest BCUT2D eigenvalue weighted by Gasteiger charge is 2.25. The van der Waals surface area contributed by atoms with Crippen LogP contribution in [0.25, 0.3) is 0 Å². The first kappa shape index (κ1) is 14.6. The molecular weight excluding hydrogens is 262 g/mol. The van der Waals surface area contributed by atoms with Crippen LogP contribution in [0.3, 0.4) is 0 Å². The quantitative estimate of drug-likeness (QED) is 0.841. The van der Waals surface area contributed by atoms with Gasteiger partial charge in [-0.15, -0.1) is 11.3 Å². The number of rotatable bonds is 4. The highest BCUT2D eigenvalue weighted by atomic mass is 32.2. The van der Waals surface area contributed by atoms with E-state index >= 15 is 0 Å². The van der Waals surface area contributed by atoms with Crippen LogP contribution in [0.2, 0.25) is 0 Å². The molecule has 1 aromatic rings. The van der Waals surface area contributed by atoms with Crippen LogP contribution in [0.15, 0.2) is 10.5 Å². The van der Waals surface area contributed by atoms with E-state index in [4.69, 9.17) is 10.2 Å². The van der Waals surface area contributed by atoms with Crippen molar-refractivity contribution in [3.8, 4) is 0 Å². The number of nitrogens with zero attached hydrogens (tertiary/aromatic N) is 1. The third-order valence-electron chi connectivity index (χ3n) is 2.11. The van der Waals surface area contributed by atoms with E-state index in [1.807, 2.05) is 20.8 Å². The zero-order valence-corrected chi connectivity index (χ0v) is 11.7. The van der Waals surface area contributed by atoms with Gasteiger partial charge in [-0.1, -0.05) is 20.8 Å². The number of hydrogen-bond acceptors (Lipinski definition) is 6. The van der Waals surface area contributed by atoms with Crippen LogP contribution in [0.5, 0.6) is 0 Å². The summed E-state index contributed by atoms with van der Waals surface area (Å²) in [5.74, 6) is -0.499. The van der Waals surface area contributed by atoms with Crippen LogP contribution < -0.4 is 0 Å². The second-order valence-electron chi connectivity index (χ2n) is 4.86. The Morgan fingerprint density at radius 2 is 2.06 bits per heavy atom. The molecule has 0 saturated heterocycles. The number of sulfone groups is 1. The molecule has 0 radical (unpaired) electrons. The van der Waals surface area contributed by atoms with Gasteiger partial charge >= 0.3 is 0 Å². The first-order chi connectivity index (χ1) is 7.66. The van der Waals surface area contributed by atoms with Gasteiger partial charge in [0.2, 0.25) is 14.2 Å². The Hall–Kier alpha value is -0.500. The van der Waals surface area contributed by atoms with Gasteiger partial charge < -0.3 is 10.2 Å². The van der Waals surface area contributed by atoms with Crippen LogP contribution in [-0.4, -0.2) is 42.1 Å². The van der Waals surface area contributed by atoms with E-state index in [2.05, 4.69) is 4.98 Å². The number of aliphatic hydroxyl groups is 2. The fourth-order valence-electron chi connectivity index (χ4n) is 1.13. The van der Waals surface area contributed by atoms with Crippen LogP contribution in [0, 0.1) is 0 Å². The molecule has 98 valence electrons. The molecule has 0 unspecified atom stereocenters. The van der Waals surface area contributed by atoms with Crippen LogP contribution in [0.4, 0.5) is 0 Å². The summed E-state index contributed by atoms with van der Waals surface area (Å²) < 4.78 is 23.6. The maximum absolute atomic E-state index is 11.8. The SMILES string of the molecule is CC(C)(C)c1cnc(S(=O)(=O)C[C@@H](O)CO)s1. The minimum absolute atomic E-state index is 0.00470. The molecule has 0 fully saturated rings. The van der Waals surface area contributed by atoms with Crippen LogP contribution in [-0.2, 0) is 15.3 Å². The normalized spacial score (nSPS) is 14.9. The molecule has 1 aromatic heterocycles. The van der Waals surface area contributed by atoms with Crippen molar-refractivity contribution < 1.29 is 18.6 Å². The summed E-state index contributed by atoms with van der Waals surface area (Å²) in [5, 5.41) is 17.8. The average Bonchev–Trinajstić information content (AvgIpc) is 2.65. The number of thiazole rings is 1. The predicted octanol–water partition coefficient (Wildman–Crippen LogP) is 0.568. The molecule has 0 bridgehead atoms. The van der Waals surface area contributed by atoms with Gasteiger partial charge in [-0.25, -0.2) is 13.4 Å². The molecule has 1 atom stereocenters. The fourth-order valence-corrected chi connectivity index (χ4v) is 3.78. The molecule has 1 rings (SSSR count). The van der Waals surface area contributed by atoms with Gasteiger partial charge in [-0.05, 0) is 5.41 Å². The summed E-state index contributed by atoms with van der Waals surface area (Å²) in [7, 11) is -3.61. The summed E-state index contributed by atoms with van der Waals surface area (Å²) in [4.78, 5) is 4.75. The minimum Gasteiger partial charge on any atom is -0.394 e. The Bertz CT molecular complexity index is 473. The summed E-state index contributed by atoms with van der Waals surface area (Å²) in [6.45, 7) is 5.34. The van der Waals surface area contributed by atoms with E-state index in [0.29, 0.717) is 0 Å². The van der Waals surface area contributed by atoms with Gasteiger partial charge in [0.05, 0.1) is 18.5 Å². The van der Waals surface area contributed by atoms with Crippen LogP contribution in [0.1, 0.15) is 25.6 Å². The second kappa shape index (κ2) is 5.01. The topological polar surface area (TPSA) is 87.5 Å². The lowest BCUT2D eigenvalue weighted by Gasteiger charge is -2.14. The predicted molar refractivity (Wildman–Crippen MR) is 66.0 cm³/mol. The Balaban J connectivity index is 2.97. The van der Waals surface area contributed by atoms with Crippen molar-refractivity contribution in [1.29, 1.82) is 0 Å². The fraction of sp³-hybridized carbons (Fsp3) is 0.700. The first-order valence-electron chi connectivity index (χ1n) is 5.15. The van der Waals surface area contributed by atoms with Crippen molar-refractivity contribution in [2.75, 3.05) is 12.4 Å². The van der Waals surface area contributed by atoms with Crippen molar-refractivity contribution in [1.82, 2.24) is 4.98 Å². The van der Waals surface area contributed by atoms with E-state index in [9.17, 15) is 8.42 Å². The second-order valence-corrected chi connectivity index (χ2v) is 8.10. The monoisotopic (exact) mass is 279 g/mol. The molecule has 0 aliphatic rings. The smallest absolute Gasteiger partial charge is 0.209 e. The summed E-state index contributed by atoms with van der Waals surface area (Å²) in [5.41, 5.74) is -0.152.